The Bertz CT molecular complexity index is 2060. The van der Waals surface area contributed by atoms with Crippen LogP contribution in [0.2, 0.25) is 0 Å². The number of ether oxygens (including phenoxy) is 2. The number of anilines is 2. The van der Waals surface area contributed by atoms with Crippen molar-refractivity contribution in [1.29, 1.82) is 0 Å². The predicted molar refractivity (Wildman–Crippen MR) is 296 cm³/mol. The second kappa shape index (κ2) is 31.1. The minimum absolute atomic E-state index is 0.000956. The molecule has 0 heterocycles. The fraction of sp³-hybridized carbons (Fsp3) is 0.538. The van der Waals surface area contributed by atoms with Gasteiger partial charge in [0.05, 0.1) is 124 Å². The maximum Gasteiger partial charge on any atom is 0.253 e. The second-order valence-corrected chi connectivity index (χ2v) is 21.2. The molecule has 0 radical (unpaired) electrons. The van der Waals surface area contributed by atoms with E-state index in [0.717, 1.165) is 9.80 Å². The molecule has 2 aromatic rings. The molecule has 2 rings (SSSR count). The van der Waals surface area contributed by atoms with E-state index in [-0.39, 0.29) is 55.0 Å². The Kier molecular flexibility index (Phi) is 29.0. The molecule has 0 fully saturated rings. The van der Waals surface area contributed by atoms with Gasteiger partial charge >= 0.3 is 0 Å². The van der Waals surface area contributed by atoms with Gasteiger partial charge in [0.2, 0.25) is 0 Å². The van der Waals surface area contributed by atoms with Gasteiger partial charge in [-0.1, -0.05) is 0 Å². The Hall–Kier alpha value is -0.840. The standard InChI is InChI=1S/C39H52I6N6O18/c1-15(56)33(51(22(63)14-69-3)35-31(44)25(38(66)48-6-18(59)11-54)28(41)26(32(35)45)39(67)49-7-19(60)12-55)20(61)8-50(21(62)13-68-2)34-29(42)23(36(64)46-4-16(57)9-52)27(40)24(30(34)43)37(65)47-5-17(58)10-53/h15-20,33,52-61H,4-14H2,1-3H3,(H,46,64)(H,47,65)(H,48,66)(H,49,67). The van der Waals surface area contributed by atoms with Crippen LogP contribution >= 0.6 is 136 Å². The second-order valence-electron chi connectivity index (χ2n) is 14.7. The summed E-state index contributed by atoms with van der Waals surface area (Å²) in [6.45, 7) is -5.74. The Morgan fingerprint density at radius 1 is 0.493 bits per heavy atom. The Balaban J connectivity index is 3.15. The third-order valence-corrected chi connectivity index (χ3v) is 15.9. The first-order valence-electron chi connectivity index (χ1n) is 20.1. The van der Waals surface area contributed by atoms with E-state index in [0.29, 0.717) is 0 Å². The van der Waals surface area contributed by atoms with Gasteiger partial charge in [0.15, 0.2) is 0 Å². The minimum atomic E-state index is -2.02. The number of hydrogen-bond donors (Lipinski definition) is 14. The molecular formula is C39H52I6N6O18. The molecule has 2 aromatic carbocycles. The Morgan fingerprint density at radius 3 is 1.06 bits per heavy atom. The number of nitrogens with zero attached hydrogens (tertiary/aromatic N) is 2. The van der Waals surface area contributed by atoms with E-state index in [2.05, 4.69) is 21.3 Å². The van der Waals surface area contributed by atoms with E-state index in [1.54, 1.807) is 136 Å². The molecule has 69 heavy (non-hydrogen) atoms. The van der Waals surface area contributed by atoms with Crippen molar-refractivity contribution in [3.63, 3.8) is 0 Å². The van der Waals surface area contributed by atoms with E-state index in [9.17, 15) is 79.8 Å². The molecule has 388 valence electrons. The number of benzene rings is 2. The summed E-state index contributed by atoms with van der Waals surface area (Å²) in [6.07, 6.45) is -9.33. The lowest BCUT2D eigenvalue weighted by Crippen LogP contribution is -2.58. The van der Waals surface area contributed by atoms with E-state index in [1.165, 1.54) is 21.1 Å². The zero-order chi connectivity index (χ0) is 52.6. The summed E-state index contributed by atoms with van der Waals surface area (Å²) in [6, 6.07) is -1.81. The zero-order valence-electron chi connectivity index (χ0n) is 36.7. The van der Waals surface area contributed by atoms with Gasteiger partial charge in [0.25, 0.3) is 35.4 Å². The molecular weight excluding hydrogens is 1600 g/mol. The first kappa shape index (κ1) is 64.3. The molecule has 0 saturated carbocycles. The van der Waals surface area contributed by atoms with Gasteiger partial charge < -0.3 is 86.7 Å². The number of nitrogens with one attached hydrogen (secondary N) is 4. The molecule has 0 aliphatic rings. The number of carbonyl (C=O) groups is 6. The van der Waals surface area contributed by atoms with E-state index in [1.807, 2.05) is 0 Å². The van der Waals surface area contributed by atoms with Crippen LogP contribution < -0.4 is 31.1 Å². The number of hydrogen-bond acceptors (Lipinski definition) is 18. The van der Waals surface area contributed by atoms with Crippen LogP contribution in [-0.2, 0) is 19.1 Å². The first-order valence-corrected chi connectivity index (χ1v) is 26.5. The molecule has 0 aliphatic heterocycles. The van der Waals surface area contributed by atoms with Crippen LogP contribution in [-0.4, -0.2) is 216 Å². The SMILES string of the molecule is COCC(=O)N(CC(O)C(C(C)O)N(C(=O)COC)c1c(I)c(C(=O)NCC(O)CO)c(I)c(C(=O)NCC(O)CO)c1I)c1c(I)c(C(=O)NCC(O)CO)c(I)c(C(=O)NCC(O)CO)c1I. The number of rotatable bonds is 27. The molecule has 0 saturated heterocycles. The molecule has 0 aliphatic carbocycles. The van der Waals surface area contributed by atoms with Gasteiger partial charge in [0, 0.05) is 47.5 Å². The van der Waals surface area contributed by atoms with Gasteiger partial charge in [-0.25, -0.2) is 0 Å². The maximum atomic E-state index is 14.5. The number of halogens is 6. The van der Waals surface area contributed by atoms with Crippen molar-refractivity contribution in [3.05, 3.63) is 43.7 Å². The molecule has 0 aromatic heterocycles. The lowest BCUT2D eigenvalue weighted by molar-refractivity contribution is -0.124. The molecule has 30 heteroatoms. The van der Waals surface area contributed by atoms with Crippen LogP contribution in [0.4, 0.5) is 11.4 Å². The number of amides is 6. The molecule has 24 nitrogen and oxygen atoms in total. The van der Waals surface area contributed by atoms with Crippen LogP contribution in [0.1, 0.15) is 48.4 Å². The highest BCUT2D eigenvalue weighted by atomic mass is 127. The van der Waals surface area contributed by atoms with Crippen LogP contribution in [0.15, 0.2) is 0 Å². The summed E-state index contributed by atoms with van der Waals surface area (Å²) in [4.78, 5) is 86.3. The highest BCUT2D eigenvalue weighted by Gasteiger charge is 2.42. The molecule has 6 amide bonds. The number of aliphatic hydroxyl groups excluding tert-OH is 10. The highest BCUT2D eigenvalue weighted by Crippen LogP contribution is 2.41. The summed E-state index contributed by atoms with van der Waals surface area (Å²) in [5.41, 5.74) is -1.30. The van der Waals surface area contributed by atoms with Gasteiger partial charge in [-0.05, 0) is 142 Å². The fourth-order valence-corrected chi connectivity index (χ4v) is 15.6. The third-order valence-electron chi connectivity index (χ3n) is 9.50. The van der Waals surface area contributed by atoms with Gasteiger partial charge in [-0.15, -0.1) is 0 Å². The summed E-state index contributed by atoms with van der Waals surface area (Å²) in [5, 5.41) is 112. The monoisotopic (exact) mass is 1650 g/mol. The van der Waals surface area contributed by atoms with E-state index >= 15 is 0 Å². The van der Waals surface area contributed by atoms with E-state index < -0.39 is 150 Å². The topological polar surface area (TPSA) is 378 Å². The van der Waals surface area contributed by atoms with Crippen molar-refractivity contribution in [3.8, 4) is 0 Å². The largest absolute Gasteiger partial charge is 0.394 e. The lowest BCUT2D eigenvalue weighted by atomic mass is 9.99. The van der Waals surface area contributed by atoms with Crippen LogP contribution in [0.25, 0.3) is 0 Å². The summed E-state index contributed by atoms with van der Waals surface area (Å²) >= 11 is 10.3. The number of methoxy groups -OCH3 is 2. The molecule has 0 spiro atoms. The van der Waals surface area contributed by atoms with Crippen LogP contribution in [0, 0.1) is 21.4 Å². The van der Waals surface area contributed by atoms with Crippen molar-refractivity contribution in [2.75, 3.05) is 96.4 Å². The summed E-state index contributed by atoms with van der Waals surface area (Å²) in [5.74, 6) is -5.40. The molecule has 7 unspecified atom stereocenters. The van der Waals surface area contributed by atoms with Crippen molar-refractivity contribution in [2.24, 2.45) is 0 Å². The van der Waals surface area contributed by atoms with E-state index in [4.69, 9.17) is 9.47 Å². The van der Waals surface area contributed by atoms with Gasteiger partial charge in [-0.3, -0.25) is 33.7 Å². The Morgan fingerprint density at radius 2 is 0.783 bits per heavy atom. The van der Waals surface area contributed by atoms with Crippen molar-refractivity contribution >= 4 is 182 Å². The summed E-state index contributed by atoms with van der Waals surface area (Å²) in [7, 11) is 2.36. The van der Waals surface area contributed by atoms with Gasteiger partial charge in [-0.2, -0.15) is 0 Å². The first-order chi connectivity index (χ1) is 32.4. The quantitative estimate of drug-likeness (QED) is 0.0408. The van der Waals surface area contributed by atoms with Crippen molar-refractivity contribution in [2.45, 2.75) is 49.6 Å². The van der Waals surface area contributed by atoms with Crippen molar-refractivity contribution < 1.29 is 89.3 Å². The maximum absolute atomic E-state index is 14.5. The average Bonchev–Trinajstić information content (AvgIpc) is 3.29. The average molecular weight is 1650 g/mol. The van der Waals surface area contributed by atoms with Crippen LogP contribution in [0.5, 0.6) is 0 Å². The molecule has 7 atom stereocenters. The molecule has 14 N–H and O–H groups in total. The fourth-order valence-electron chi connectivity index (χ4n) is 6.16. The zero-order valence-corrected chi connectivity index (χ0v) is 49.7. The predicted octanol–water partition coefficient (Wildman–Crippen LogP) is -2.58. The number of aliphatic hydroxyl groups is 10. The van der Waals surface area contributed by atoms with Gasteiger partial charge in [0.1, 0.15) is 13.2 Å². The third kappa shape index (κ3) is 17.1. The van der Waals surface area contributed by atoms with Crippen LogP contribution in [0.3, 0.4) is 0 Å². The smallest absolute Gasteiger partial charge is 0.253 e. The molecule has 0 bridgehead atoms. The summed E-state index contributed by atoms with van der Waals surface area (Å²) < 4.78 is 10.4. The Labute approximate surface area is 477 Å². The lowest BCUT2D eigenvalue weighted by Gasteiger charge is -2.40. The normalized spacial score (nSPS) is 14.4. The highest BCUT2D eigenvalue weighted by molar-refractivity contribution is 14.1. The number of carbonyl (C=O) groups excluding carboxylic acids is 6. The van der Waals surface area contributed by atoms with Crippen molar-refractivity contribution in [1.82, 2.24) is 21.3 Å². The minimum Gasteiger partial charge on any atom is -0.394 e.